The van der Waals surface area contributed by atoms with Crippen molar-refractivity contribution in [3.8, 4) is 11.4 Å². The molecule has 2 aliphatic heterocycles. The molecule has 1 atom stereocenters. The monoisotopic (exact) mass is 363 g/mol. The van der Waals surface area contributed by atoms with Gasteiger partial charge in [0.25, 0.3) is 0 Å². The minimum atomic E-state index is -0.224. The van der Waals surface area contributed by atoms with E-state index in [-0.39, 0.29) is 5.82 Å². The maximum absolute atomic E-state index is 13.2. The predicted octanol–water partition coefficient (Wildman–Crippen LogP) is 4.07. The molecule has 0 radical (unpaired) electrons. The summed E-state index contributed by atoms with van der Waals surface area (Å²) in [6, 6.07) is 13.5. The Bertz CT molecular complexity index is 980. The normalized spacial score (nSPS) is 17.3. The van der Waals surface area contributed by atoms with Crippen molar-refractivity contribution in [3.63, 3.8) is 0 Å². The van der Waals surface area contributed by atoms with Gasteiger partial charge in [-0.05, 0) is 48.4 Å². The summed E-state index contributed by atoms with van der Waals surface area (Å²) in [5.74, 6) is 0.819. The van der Waals surface area contributed by atoms with E-state index in [1.54, 1.807) is 12.1 Å². The lowest BCUT2D eigenvalue weighted by atomic mass is 10.00. The number of benzene rings is 2. The minimum absolute atomic E-state index is 0.224. The maximum Gasteiger partial charge on any atom is 0.123 e. The van der Waals surface area contributed by atoms with Crippen molar-refractivity contribution in [1.82, 2.24) is 14.7 Å². The highest BCUT2D eigenvalue weighted by molar-refractivity contribution is 5.41. The summed E-state index contributed by atoms with van der Waals surface area (Å²) in [7, 11) is 0. The van der Waals surface area contributed by atoms with Crippen molar-refractivity contribution in [2.75, 3.05) is 13.2 Å². The van der Waals surface area contributed by atoms with Crippen molar-refractivity contribution in [2.24, 2.45) is 0 Å². The first-order valence-corrected chi connectivity index (χ1v) is 9.50. The molecule has 0 aliphatic carbocycles. The SMILES string of the molecule is CC(c1ccc2c(c1)OCC2)N1CCc2c(cnn2-c2ccc(F)cc2)C1. The van der Waals surface area contributed by atoms with Crippen LogP contribution in [0.3, 0.4) is 0 Å². The summed E-state index contributed by atoms with van der Waals surface area (Å²) in [6.07, 6.45) is 3.89. The third-order valence-electron chi connectivity index (χ3n) is 5.79. The quantitative estimate of drug-likeness (QED) is 0.703. The number of aromatic nitrogens is 2. The van der Waals surface area contributed by atoms with Gasteiger partial charge in [-0.15, -0.1) is 0 Å². The third kappa shape index (κ3) is 2.92. The van der Waals surface area contributed by atoms with E-state index in [9.17, 15) is 4.39 Å². The molecule has 0 saturated carbocycles. The molecule has 5 heteroatoms. The van der Waals surface area contributed by atoms with E-state index in [0.29, 0.717) is 6.04 Å². The molecule has 5 rings (SSSR count). The van der Waals surface area contributed by atoms with Crippen molar-refractivity contribution < 1.29 is 9.13 Å². The van der Waals surface area contributed by atoms with E-state index in [0.717, 1.165) is 44.0 Å². The van der Waals surface area contributed by atoms with Gasteiger partial charge in [-0.2, -0.15) is 5.10 Å². The van der Waals surface area contributed by atoms with Gasteiger partial charge >= 0.3 is 0 Å². The topological polar surface area (TPSA) is 30.3 Å². The Morgan fingerprint density at radius 1 is 1.07 bits per heavy atom. The Morgan fingerprint density at radius 2 is 1.93 bits per heavy atom. The van der Waals surface area contributed by atoms with Gasteiger partial charge in [0.15, 0.2) is 0 Å². The molecule has 4 nitrogen and oxygen atoms in total. The summed E-state index contributed by atoms with van der Waals surface area (Å²) in [5, 5.41) is 4.56. The van der Waals surface area contributed by atoms with Crippen LogP contribution in [-0.2, 0) is 19.4 Å². The molecular formula is C22H22FN3O. The second kappa shape index (κ2) is 6.50. The zero-order valence-electron chi connectivity index (χ0n) is 15.4. The number of ether oxygens (including phenoxy) is 1. The van der Waals surface area contributed by atoms with Crippen LogP contribution in [0.2, 0.25) is 0 Å². The second-order valence-electron chi connectivity index (χ2n) is 7.37. The molecule has 0 spiro atoms. The zero-order chi connectivity index (χ0) is 18.4. The summed E-state index contributed by atoms with van der Waals surface area (Å²) in [5.41, 5.74) is 5.99. The molecule has 0 amide bonds. The van der Waals surface area contributed by atoms with Crippen LogP contribution in [0.15, 0.2) is 48.7 Å². The van der Waals surface area contributed by atoms with Gasteiger partial charge in [-0.1, -0.05) is 12.1 Å². The lowest BCUT2D eigenvalue weighted by Crippen LogP contribution is -2.33. The maximum atomic E-state index is 13.2. The average molecular weight is 363 g/mol. The summed E-state index contributed by atoms with van der Waals surface area (Å²) in [6.45, 7) is 4.89. The summed E-state index contributed by atoms with van der Waals surface area (Å²) >= 11 is 0. The van der Waals surface area contributed by atoms with Crippen LogP contribution in [0.5, 0.6) is 5.75 Å². The van der Waals surface area contributed by atoms with Crippen LogP contribution in [0.4, 0.5) is 4.39 Å². The van der Waals surface area contributed by atoms with Gasteiger partial charge in [0.05, 0.1) is 18.5 Å². The van der Waals surface area contributed by atoms with Crippen molar-refractivity contribution in [1.29, 1.82) is 0 Å². The van der Waals surface area contributed by atoms with E-state index >= 15 is 0 Å². The Hall–Kier alpha value is -2.66. The van der Waals surface area contributed by atoms with Crippen LogP contribution >= 0.6 is 0 Å². The van der Waals surface area contributed by atoms with E-state index < -0.39 is 0 Å². The first kappa shape index (κ1) is 16.5. The fourth-order valence-corrected chi connectivity index (χ4v) is 4.14. The molecular weight excluding hydrogens is 341 g/mol. The second-order valence-corrected chi connectivity index (χ2v) is 7.37. The molecule has 27 heavy (non-hydrogen) atoms. The van der Waals surface area contributed by atoms with Crippen LogP contribution in [0.1, 0.15) is 35.3 Å². The number of hydrogen-bond donors (Lipinski definition) is 0. The lowest BCUT2D eigenvalue weighted by molar-refractivity contribution is 0.190. The predicted molar refractivity (Wildman–Crippen MR) is 102 cm³/mol. The van der Waals surface area contributed by atoms with Gasteiger partial charge < -0.3 is 4.74 Å². The number of nitrogens with zero attached hydrogens (tertiary/aromatic N) is 3. The molecule has 3 aromatic rings. The fourth-order valence-electron chi connectivity index (χ4n) is 4.14. The van der Waals surface area contributed by atoms with Crippen molar-refractivity contribution in [2.45, 2.75) is 32.4 Å². The average Bonchev–Trinajstić information content (AvgIpc) is 3.33. The van der Waals surface area contributed by atoms with Crippen LogP contribution in [-0.4, -0.2) is 27.8 Å². The number of rotatable bonds is 3. The van der Waals surface area contributed by atoms with E-state index in [4.69, 9.17) is 4.74 Å². The number of halogens is 1. The summed E-state index contributed by atoms with van der Waals surface area (Å²) < 4.78 is 20.9. The summed E-state index contributed by atoms with van der Waals surface area (Å²) in [4.78, 5) is 2.48. The molecule has 0 bridgehead atoms. The highest BCUT2D eigenvalue weighted by Gasteiger charge is 2.26. The highest BCUT2D eigenvalue weighted by atomic mass is 19.1. The third-order valence-corrected chi connectivity index (χ3v) is 5.79. The van der Waals surface area contributed by atoms with E-state index in [1.807, 2.05) is 10.9 Å². The number of fused-ring (bicyclic) bond motifs is 2. The zero-order valence-corrected chi connectivity index (χ0v) is 15.4. The minimum Gasteiger partial charge on any atom is -0.493 e. The van der Waals surface area contributed by atoms with Crippen LogP contribution in [0, 0.1) is 5.82 Å². The Balaban J connectivity index is 1.38. The molecule has 3 heterocycles. The van der Waals surface area contributed by atoms with Gasteiger partial charge in [0, 0.05) is 43.2 Å². The van der Waals surface area contributed by atoms with Crippen molar-refractivity contribution >= 4 is 0 Å². The number of hydrogen-bond acceptors (Lipinski definition) is 3. The largest absolute Gasteiger partial charge is 0.493 e. The van der Waals surface area contributed by atoms with Crippen molar-refractivity contribution in [3.05, 3.63) is 76.9 Å². The molecule has 2 aromatic carbocycles. The van der Waals surface area contributed by atoms with E-state index in [2.05, 4.69) is 35.1 Å². The Labute approximate surface area is 158 Å². The Morgan fingerprint density at radius 3 is 2.78 bits per heavy atom. The van der Waals surface area contributed by atoms with Gasteiger partial charge in [-0.25, -0.2) is 9.07 Å². The molecule has 138 valence electrons. The molecule has 0 saturated heterocycles. The van der Waals surface area contributed by atoms with Gasteiger partial charge in [0.1, 0.15) is 11.6 Å². The standard InChI is InChI=1S/C22H22FN3O/c1-15(17-3-2-16-9-11-27-22(16)12-17)25-10-8-21-18(14-25)13-24-26(21)20-6-4-19(23)5-7-20/h2-7,12-13,15H,8-11,14H2,1H3. The molecule has 1 aromatic heterocycles. The van der Waals surface area contributed by atoms with Crippen LogP contribution in [0.25, 0.3) is 5.69 Å². The molecule has 1 unspecified atom stereocenters. The van der Waals surface area contributed by atoms with Gasteiger partial charge in [-0.3, -0.25) is 4.90 Å². The molecule has 0 fully saturated rings. The smallest absolute Gasteiger partial charge is 0.123 e. The molecule has 0 N–H and O–H groups in total. The lowest BCUT2D eigenvalue weighted by Gasteiger charge is -2.33. The fraction of sp³-hybridized carbons (Fsp3) is 0.318. The molecule has 2 aliphatic rings. The first-order valence-electron chi connectivity index (χ1n) is 9.50. The van der Waals surface area contributed by atoms with Crippen LogP contribution < -0.4 is 4.74 Å². The first-order chi connectivity index (χ1) is 13.2. The Kier molecular flexibility index (Phi) is 3.97. The highest BCUT2D eigenvalue weighted by Crippen LogP contribution is 2.33. The van der Waals surface area contributed by atoms with Gasteiger partial charge in [0.2, 0.25) is 0 Å². The van der Waals surface area contributed by atoms with E-state index in [1.165, 1.54) is 34.5 Å².